The van der Waals surface area contributed by atoms with Crippen molar-refractivity contribution in [3.8, 4) is 0 Å². The molecule has 0 bridgehead atoms. The minimum absolute atomic E-state index is 0.0543. The monoisotopic (exact) mass is 372 g/mol. The number of nitrogens with one attached hydrogen (secondary N) is 1. The van der Waals surface area contributed by atoms with E-state index in [1.165, 1.54) is 0 Å². The first-order chi connectivity index (χ1) is 13.1. The van der Waals surface area contributed by atoms with Crippen molar-refractivity contribution in [1.82, 2.24) is 10.4 Å². The molecule has 0 aromatic heterocycles. The Hall–Kier alpha value is -3.06. The highest BCUT2D eigenvalue weighted by molar-refractivity contribution is 5.74. The van der Waals surface area contributed by atoms with Gasteiger partial charge in [-0.3, -0.25) is 0 Å². The van der Waals surface area contributed by atoms with Crippen LogP contribution in [0.15, 0.2) is 60.7 Å². The maximum Gasteiger partial charge on any atom is 0.429 e. The highest BCUT2D eigenvalue weighted by Gasteiger charge is 2.26. The molecule has 2 N–H and O–H groups in total. The number of nitrogens with zero attached hydrogens (tertiary/aromatic N) is 1. The lowest BCUT2D eigenvalue weighted by molar-refractivity contribution is 0.0312. The Morgan fingerprint density at radius 3 is 1.96 bits per heavy atom. The topological polar surface area (TPSA) is 88.1 Å². The first-order valence-corrected chi connectivity index (χ1v) is 8.72. The average molecular weight is 372 g/mol. The van der Waals surface area contributed by atoms with Gasteiger partial charge >= 0.3 is 12.2 Å². The summed E-state index contributed by atoms with van der Waals surface area (Å²) < 4.78 is 10.4. The molecule has 144 valence electrons. The smallest absolute Gasteiger partial charge is 0.429 e. The molecule has 2 aromatic rings. The zero-order chi connectivity index (χ0) is 19.5. The summed E-state index contributed by atoms with van der Waals surface area (Å²) in [7, 11) is 0. The standard InChI is InChI=1S/C20H24N2O5/c1-2-18(13-23)22(20(25)27-15-17-11-7-4-8-12-17)21-19(24)26-14-16-9-5-3-6-10-16/h3-12,18,23H,2,13-15H2,1H3,(H,21,24). The second-order valence-electron chi connectivity index (χ2n) is 5.83. The highest BCUT2D eigenvalue weighted by Crippen LogP contribution is 2.08. The van der Waals surface area contributed by atoms with E-state index >= 15 is 0 Å². The zero-order valence-corrected chi connectivity index (χ0v) is 15.2. The molecule has 2 rings (SSSR count). The third kappa shape index (κ3) is 6.63. The van der Waals surface area contributed by atoms with Gasteiger partial charge in [-0.2, -0.15) is 0 Å². The first kappa shape index (κ1) is 20.3. The summed E-state index contributed by atoms with van der Waals surface area (Å²) >= 11 is 0. The summed E-state index contributed by atoms with van der Waals surface area (Å²) in [6.07, 6.45) is -1.14. The second kappa shape index (κ2) is 10.8. The fraction of sp³-hybridized carbons (Fsp3) is 0.300. The van der Waals surface area contributed by atoms with E-state index in [1.807, 2.05) is 60.7 Å². The molecule has 2 amide bonds. The van der Waals surface area contributed by atoms with Crippen LogP contribution in [0.5, 0.6) is 0 Å². The van der Waals surface area contributed by atoms with Crippen LogP contribution < -0.4 is 5.43 Å². The van der Waals surface area contributed by atoms with Gasteiger partial charge in [-0.15, -0.1) is 0 Å². The predicted octanol–water partition coefficient (Wildman–Crippen LogP) is 3.24. The number of ether oxygens (including phenoxy) is 2. The van der Waals surface area contributed by atoms with Crippen LogP contribution in [-0.2, 0) is 22.7 Å². The third-order valence-corrected chi connectivity index (χ3v) is 3.87. The molecule has 0 aliphatic heterocycles. The number of hydrogen-bond acceptors (Lipinski definition) is 5. The van der Waals surface area contributed by atoms with Crippen LogP contribution in [0.2, 0.25) is 0 Å². The van der Waals surface area contributed by atoms with E-state index in [-0.39, 0.29) is 19.8 Å². The SMILES string of the molecule is CCC(CO)N(NC(=O)OCc1ccccc1)C(=O)OCc1ccccc1. The normalized spacial score (nSPS) is 11.3. The van der Waals surface area contributed by atoms with Gasteiger partial charge in [0.2, 0.25) is 0 Å². The van der Waals surface area contributed by atoms with Crippen molar-refractivity contribution in [1.29, 1.82) is 0 Å². The Labute approximate surface area is 158 Å². The third-order valence-electron chi connectivity index (χ3n) is 3.87. The van der Waals surface area contributed by atoms with Crippen LogP contribution in [0.4, 0.5) is 9.59 Å². The predicted molar refractivity (Wildman–Crippen MR) is 99.4 cm³/mol. The summed E-state index contributed by atoms with van der Waals surface area (Å²) in [6, 6.07) is 17.7. The molecule has 0 radical (unpaired) electrons. The van der Waals surface area contributed by atoms with Gasteiger partial charge < -0.3 is 14.6 Å². The van der Waals surface area contributed by atoms with Crippen LogP contribution >= 0.6 is 0 Å². The summed E-state index contributed by atoms with van der Waals surface area (Å²) in [4.78, 5) is 24.5. The van der Waals surface area contributed by atoms with Crippen molar-refractivity contribution in [3.05, 3.63) is 71.8 Å². The maximum absolute atomic E-state index is 12.4. The molecule has 7 heteroatoms. The molecule has 0 saturated heterocycles. The van der Waals surface area contributed by atoms with Crippen molar-refractivity contribution in [2.75, 3.05) is 6.61 Å². The lowest BCUT2D eigenvalue weighted by atomic mass is 10.2. The van der Waals surface area contributed by atoms with E-state index in [2.05, 4.69) is 5.43 Å². The second-order valence-corrected chi connectivity index (χ2v) is 5.83. The number of aliphatic hydroxyl groups excluding tert-OH is 1. The van der Waals surface area contributed by atoms with E-state index in [4.69, 9.17) is 9.47 Å². The zero-order valence-electron chi connectivity index (χ0n) is 15.2. The van der Waals surface area contributed by atoms with Gasteiger partial charge in [0.05, 0.1) is 12.6 Å². The molecule has 0 saturated carbocycles. The minimum atomic E-state index is -0.803. The number of rotatable bonds is 7. The number of hydrazine groups is 1. The van der Waals surface area contributed by atoms with Gasteiger partial charge in [0.1, 0.15) is 13.2 Å². The van der Waals surface area contributed by atoms with E-state index < -0.39 is 18.2 Å². The molecular weight excluding hydrogens is 348 g/mol. The Morgan fingerprint density at radius 2 is 1.48 bits per heavy atom. The van der Waals surface area contributed by atoms with Crippen LogP contribution in [0.1, 0.15) is 24.5 Å². The summed E-state index contributed by atoms with van der Waals surface area (Å²) in [6.45, 7) is 1.58. The van der Waals surface area contributed by atoms with Crippen LogP contribution in [0.25, 0.3) is 0 Å². The Kier molecular flexibility index (Phi) is 8.12. The molecule has 7 nitrogen and oxygen atoms in total. The van der Waals surface area contributed by atoms with Crippen molar-refractivity contribution in [2.45, 2.75) is 32.6 Å². The van der Waals surface area contributed by atoms with Crippen molar-refractivity contribution >= 4 is 12.2 Å². The molecule has 27 heavy (non-hydrogen) atoms. The summed E-state index contributed by atoms with van der Waals surface area (Å²) in [5, 5.41) is 10.5. The maximum atomic E-state index is 12.4. The fourth-order valence-corrected chi connectivity index (χ4v) is 2.32. The van der Waals surface area contributed by atoms with Gasteiger partial charge in [0.25, 0.3) is 0 Å². The largest absolute Gasteiger partial charge is 0.443 e. The van der Waals surface area contributed by atoms with Crippen LogP contribution in [-0.4, -0.2) is 35.0 Å². The molecule has 0 spiro atoms. The quantitative estimate of drug-likeness (QED) is 0.729. The molecule has 0 fully saturated rings. The number of hydrogen-bond donors (Lipinski definition) is 2. The number of amides is 2. The van der Waals surface area contributed by atoms with E-state index in [9.17, 15) is 14.7 Å². The van der Waals surface area contributed by atoms with Gasteiger partial charge in [0, 0.05) is 0 Å². The molecule has 0 heterocycles. The van der Waals surface area contributed by atoms with Gasteiger partial charge in [0.15, 0.2) is 0 Å². The molecule has 1 atom stereocenters. The number of carbonyl (C=O) groups excluding carboxylic acids is 2. The van der Waals surface area contributed by atoms with Crippen LogP contribution in [0.3, 0.4) is 0 Å². The summed E-state index contributed by atoms with van der Waals surface area (Å²) in [5.41, 5.74) is 4.00. The molecule has 0 aliphatic rings. The van der Waals surface area contributed by atoms with Crippen molar-refractivity contribution < 1.29 is 24.2 Å². The molecule has 2 aromatic carbocycles. The van der Waals surface area contributed by atoms with Gasteiger partial charge in [-0.05, 0) is 17.5 Å². The van der Waals surface area contributed by atoms with Gasteiger partial charge in [-0.25, -0.2) is 20.0 Å². The van der Waals surface area contributed by atoms with E-state index in [1.54, 1.807) is 6.92 Å². The molecule has 0 aliphatic carbocycles. The van der Waals surface area contributed by atoms with Gasteiger partial charge in [-0.1, -0.05) is 67.6 Å². The molecular formula is C20H24N2O5. The number of carbonyl (C=O) groups is 2. The highest BCUT2D eigenvalue weighted by atomic mass is 16.6. The van der Waals surface area contributed by atoms with Crippen LogP contribution in [0, 0.1) is 0 Å². The fourth-order valence-electron chi connectivity index (χ4n) is 2.32. The lowest BCUT2D eigenvalue weighted by Crippen LogP contribution is -2.53. The van der Waals surface area contributed by atoms with Crippen molar-refractivity contribution in [2.24, 2.45) is 0 Å². The first-order valence-electron chi connectivity index (χ1n) is 8.72. The average Bonchev–Trinajstić information content (AvgIpc) is 2.72. The summed E-state index contributed by atoms with van der Waals surface area (Å²) in [5.74, 6) is 0. The Morgan fingerprint density at radius 1 is 0.963 bits per heavy atom. The Bertz CT molecular complexity index is 705. The number of aliphatic hydroxyl groups is 1. The molecule has 1 unspecified atom stereocenters. The van der Waals surface area contributed by atoms with E-state index in [0.29, 0.717) is 6.42 Å². The number of benzene rings is 2. The van der Waals surface area contributed by atoms with E-state index in [0.717, 1.165) is 16.1 Å². The minimum Gasteiger partial charge on any atom is -0.443 e. The lowest BCUT2D eigenvalue weighted by Gasteiger charge is -2.28. The van der Waals surface area contributed by atoms with Crippen molar-refractivity contribution in [3.63, 3.8) is 0 Å². The Balaban J connectivity index is 1.93.